The van der Waals surface area contributed by atoms with Crippen molar-refractivity contribution in [3.05, 3.63) is 17.1 Å². The lowest BCUT2D eigenvalue weighted by Gasteiger charge is -2.30. The van der Waals surface area contributed by atoms with Crippen molar-refractivity contribution < 1.29 is 14.2 Å². The molecular formula is C18H28N3O3+. The van der Waals surface area contributed by atoms with Crippen LogP contribution in [0.1, 0.15) is 39.5 Å². The third kappa shape index (κ3) is 4.75. The second-order valence-electron chi connectivity index (χ2n) is 5.87. The van der Waals surface area contributed by atoms with Crippen molar-refractivity contribution in [1.82, 2.24) is 0 Å². The summed E-state index contributed by atoms with van der Waals surface area (Å²) >= 11 is 0. The number of rotatable bonds is 9. The van der Waals surface area contributed by atoms with Crippen LogP contribution in [0.15, 0.2) is 12.1 Å². The Kier molecular flexibility index (Phi) is 7.63. The van der Waals surface area contributed by atoms with Gasteiger partial charge in [0, 0.05) is 19.2 Å². The first-order valence-electron chi connectivity index (χ1n) is 8.92. The summed E-state index contributed by atoms with van der Waals surface area (Å²) in [5.74, 6) is 1.21. The molecule has 0 amide bonds. The van der Waals surface area contributed by atoms with Crippen molar-refractivity contribution in [2.75, 3.05) is 44.4 Å². The van der Waals surface area contributed by atoms with Crippen molar-refractivity contribution in [2.45, 2.75) is 39.5 Å². The average Bonchev–Trinajstić information content (AvgIpc) is 2.63. The zero-order valence-electron chi connectivity index (χ0n) is 14.8. The van der Waals surface area contributed by atoms with Gasteiger partial charge in [-0.05, 0) is 18.9 Å². The molecule has 132 valence electrons. The predicted octanol–water partition coefficient (Wildman–Crippen LogP) is 4.37. The Balaban J connectivity index is 2.32. The standard InChI is InChI=1S/C18H28N3O3/c1-3-5-11-23-17-15(20-19)7-8-16(18(17)24-12-6-4-2)21-9-13-22-14-10-21/h7-8H,3-6,9-14H2,1-2H3/q+1. The van der Waals surface area contributed by atoms with Crippen LogP contribution >= 0.6 is 0 Å². The average molecular weight is 334 g/mol. The van der Waals surface area contributed by atoms with Crippen molar-refractivity contribution in [2.24, 2.45) is 0 Å². The van der Waals surface area contributed by atoms with E-state index < -0.39 is 0 Å². The molecule has 0 unspecified atom stereocenters. The van der Waals surface area contributed by atoms with E-state index >= 15 is 0 Å². The van der Waals surface area contributed by atoms with Gasteiger partial charge in [-0.3, -0.25) is 0 Å². The number of anilines is 1. The quantitative estimate of drug-likeness (QED) is 0.496. The molecule has 6 heteroatoms. The molecule has 0 saturated carbocycles. The number of morpholine rings is 1. The number of unbranched alkanes of at least 4 members (excludes halogenated alkanes) is 2. The molecule has 0 aliphatic carbocycles. The highest BCUT2D eigenvalue weighted by Crippen LogP contribution is 2.45. The SMILES string of the molecule is CCCCOc1c([N+]#N)ccc(N2CCOCC2)c1OCCCC. The van der Waals surface area contributed by atoms with Gasteiger partial charge in [0.2, 0.25) is 5.39 Å². The van der Waals surface area contributed by atoms with Gasteiger partial charge in [-0.25, -0.2) is 0 Å². The fourth-order valence-corrected chi connectivity index (χ4v) is 2.59. The van der Waals surface area contributed by atoms with Gasteiger partial charge in [-0.15, -0.1) is 0 Å². The summed E-state index contributed by atoms with van der Waals surface area (Å²) in [6, 6.07) is 3.72. The first-order chi connectivity index (χ1) is 11.8. The Hall–Kier alpha value is -2.00. The predicted molar refractivity (Wildman–Crippen MR) is 95.0 cm³/mol. The highest BCUT2D eigenvalue weighted by atomic mass is 16.5. The van der Waals surface area contributed by atoms with Crippen LogP contribution in [0.4, 0.5) is 11.4 Å². The number of nitrogens with zero attached hydrogens (tertiary/aromatic N) is 3. The molecule has 1 saturated heterocycles. The lowest BCUT2D eigenvalue weighted by atomic mass is 10.2. The monoisotopic (exact) mass is 334 g/mol. The highest BCUT2D eigenvalue weighted by Gasteiger charge is 2.27. The Bertz CT molecular complexity index is 551. The third-order valence-corrected chi connectivity index (χ3v) is 4.02. The smallest absolute Gasteiger partial charge is 0.430 e. The fraction of sp³-hybridized carbons (Fsp3) is 0.667. The van der Waals surface area contributed by atoms with Gasteiger partial charge < -0.3 is 19.1 Å². The molecular weight excluding hydrogens is 306 g/mol. The van der Waals surface area contributed by atoms with E-state index in [0.29, 0.717) is 43.6 Å². The molecule has 2 rings (SSSR count). The second kappa shape index (κ2) is 9.99. The van der Waals surface area contributed by atoms with Gasteiger partial charge in [0.25, 0.3) is 5.75 Å². The summed E-state index contributed by atoms with van der Waals surface area (Å²) in [7, 11) is 0. The van der Waals surface area contributed by atoms with Gasteiger partial charge in [0.05, 0.1) is 32.1 Å². The lowest BCUT2D eigenvalue weighted by molar-refractivity contribution is 0.122. The van der Waals surface area contributed by atoms with Crippen molar-refractivity contribution >= 4 is 11.4 Å². The van der Waals surface area contributed by atoms with E-state index in [1.807, 2.05) is 6.07 Å². The number of hydrogen-bond donors (Lipinski definition) is 0. The number of benzene rings is 1. The summed E-state index contributed by atoms with van der Waals surface area (Å²) in [6.45, 7) is 8.47. The van der Waals surface area contributed by atoms with E-state index in [2.05, 4.69) is 23.7 Å². The summed E-state index contributed by atoms with van der Waals surface area (Å²) in [5, 5.41) is 9.33. The summed E-state index contributed by atoms with van der Waals surface area (Å²) in [4.78, 5) is 5.61. The number of hydrogen-bond acceptors (Lipinski definition) is 5. The van der Waals surface area contributed by atoms with E-state index in [9.17, 15) is 5.39 Å². The van der Waals surface area contributed by atoms with Crippen LogP contribution < -0.4 is 14.4 Å². The maximum atomic E-state index is 9.33. The normalized spacial score (nSPS) is 14.3. The molecule has 0 atom stereocenters. The largest absolute Gasteiger partial charge is 0.487 e. The molecule has 1 aliphatic rings. The zero-order chi connectivity index (χ0) is 17.2. The van der Waals surface area contributed by atoms with Crippen LogP contribution in [0.5, 0.6) is 11.5 Å². The molecule has 0 N–H and O–H groups in total. The first-order valence-corrected chi connectivity index (χ1v) is 8.92. The topological polar surface area (TPSA) is 59.1 Å². The Morgan fingerprint density at radius 1 is 1.04 bits per heavy atom. The Labute approximate surface area is 144 Å². The van der Waals surface area contributed by atoms with Crippen LogP contribution in [0.2, 0.25) is 0 Å². The third-order valence-electron chi connectivity index (χ3n) is 4.02. The maximum absolute atomic E-state index is 9.33. The van der Waals surface area contributed by atoms with Crippen molar-refractivity contribution in [1.29, 1.82) is 5.39 Å². The van der Waals surface area contributed by atoms with Gasteiger partial charge in [0.15, 0.2) is 10.7 Å². The summed E-state index contributed by atoms with van der Waals surface area (Å²) < 4.78 is 17.4. The molecule has 0 aromatic heterocycles. The summed E-state index contributed by atoms with van der Waals surface area (Å²) in [6.07, 6.45) is 4.02. The molecule has 1 aromatic carbocycles. The molecule has 1 aromatic rings. The van der Waals surface area contributed by atoms with Gasteiger partial charge in [0.1, 0.15) is 0 Å². The first kappa shape index (κ1) is 18.3. The Morgan fingerprint density at radius 2 is 1.67 bits per heavy atom. The van der Waals surface area contributed by atoms with Crippen LogP contribution in [0, 0.1) is 5.39 Å². The molecule has 1 heterocycles. The highest BCUT2D eigenvalue weighted by molar-refractivity contribution is 5.75. The maximum Gasteiger partial charge on any atom is 0.430 e. The van der Waals surface area contributed by atoms with E-state index in [1.165, 1.54) is 0 Å². The van der Waals surface area contributed by atoms with E-state index in [4.69, 9.17) is 14.2 Å². The molecule has 1 fully saturated rings. The molecule has 0 radical (unpaired) electrons. The minimum absolute atomic E-state index is 0.412. The van der Waals surface area contributed by atoms with Crippen LogP contribution in [-0.2, 0) is 4.74 Å². The minimum atomic E-state index is 0.412. The number of ether oxygens (including phenoxy) is 3. The van der Waals surface area contributed by atoms with E-state index in [1.54, 1.807) is 6.07 Å². The zero-order valence-corrected chi connectivity index (χ0v) is 14.8. The van der Waals surface area contributed by atoms with Crippen LogP contribution in [0.25, 0.3) is 4.98 Å². The molecule has 24 heavy (non-hydrogen) atoms. The van der Waals surface area contributed by atoms with Gasteiger partial charge >= 0.3 is 5.69 Å². The Morgan fingerprint density at radius 3 is 2.25 bits per heavy atom. The number of diazo groups is 1. The van der Waals surface area contributed by atoms with Crippen molar-refractivity contribution in [3.8, 4) is 11.5 Å². The summed E-state index contributed by atoms with van der Waals surface area (Å²) in [5.41, 5.74) is 1.39. The molecule has 6 nitrogen and oxygen atoms in total. The van der Waals surface area contributed by atoms with Gasteiger partial charge in [-0.2, -0.15) is 0 Å². The molecule has 1 aliphatic heterocycles. The molecule has 0 bridgehead atoms. The van der Waals surface area contributed by atoms with Gasteiger partial charge in [-0.1, -0.05) is 26.7 Å². The second-order valence-corrected chi connectivity index (χ2v) is 5.87. The van der Waals surface area contributed by atoms with Crippen LogP contribution in [0.3, 0.4) is 0 Å². The fourth-order valence-electron chi connectivity index (χ4n) is 2.59. The lowest BCUT2D eigenvalue weighted by Crippen LogP contribution is -2.36. The molecule has 0 spiro atoms. The van der Waals surface area contributed by atoms with Crippen molar-refractivity contribution in [3.63, 3.8) is 0 Å². The van der Waals surface area contributed by atoms with E-state index in [0.717, 1.165) is 44.5 Å². The minimum Gasteiger partial charge on any atom is -0.487 e. The van der Waals surface area contributed by atoms with E-state index in [-0.39, 0.29) is 0 Å². The van der Waals surface area contributed by atoms with Crippen LogP contribution in [-0.4, -0.2) is 39.5 Å².